The van der Waals surface area contributed by atoms with Crippen molar-refractivity contribution in [2.45, 2.75) is 45.7 Å². The summed E-state index contributed by atoms with van der Waals surface area (Å²) in [5, 5.41) is 19.8. The van der Waals surface area contributed by atoms with E-state index in [1.807, 2.05) is 13.0 Å². The number of fused-ring (bicyclic) bond motifs is 3. The molecule has 3 rings (SSSR count). The van der Waals surface area contributed by atoms with Gasteiger partial charge in [-0.05, 0) is 44.4 Å². The summed E-state index contributed by atoms with van der Waals surface area (Å²) in [7, 11) is 2.11. The number of aliphatic hydroxyl groups is 1. The molecule has 1 aromatic heterocycles. The first-order valence-corrected chi connectivity index (χ1v) is 8.70. The van der Waals surface area contributed by atoms with Gasteiger partial charge in [0.25, 0.3) is 0 Å². The Balaban J connectivity index is 2.15. The van der Waals surface area contributed by atoms with E-state index in [0.29, 0.717) is 5.56 Å². The lowest BCUT2D eigenvalue weighted by atomic mass is 10.0. The third-order valence-corrected chi connectivity index (χ3v) is 5.07. The monoisotopic (exact) mass is 330 g/mol. The van der Waals surface area contributed by atoms with Gasteiger partial charge in [-0.2, -0.15) is 0 Å². The molecule has 0 unspecified atom stereocenters. The molecule has 2 N–H and O–H groups in total. The van der Waals surface area contributed by atoms with Crippen molar-refractivity contribution in [3.05, 3.63) is 34.5 Å². The average Bonchev–Trinajstić information content (AvgIpc) is 2.84. The Morgan fingerprint density at radius 3 is 2.75 bits per heavy atom. The predicted octanol–water partition coefficient (Wildman–Crippen LogP) is 2.80. The number of nitrogens with zero attached hydrogens (tertiary/aromatic N) is 2. The van der Waals surface area contributed by atoms with E-state index in [9.17, 15) is 9.90 Å². The van der Waals surface area contributed by atoms with Gasteiger partial charge in [-0.1, -0.05) is 12.1 Å². The van der Waals surface area contributed by atoms with E-state index < -0.39 is 5.97 Å². The van der Waals surface area contributed by atoms with Gasteiger partial charge in [0.2, 0.25) is 0 Å². The van der Waals surface area contributed by atoms with Crippen LogP contribution in [0.5, 0.6) is 0 Å². The third-order valence-electron chi connectivity index (χ3n) is 5.07. The van der Waals surface area contributed by atoms with Crippen LogP contribution in [0, 0.1) is 6.92 Å². The van der Waals surface area contributed by atoms with E-state index in [0.717, 1.165) is 61.8 Å². The van der Waals surface area contributed by atoms with Crippen molar-refractivity contribution in [2.75, 3.05) is 20.2 Å². The number of aromatic carboxylic acids is 1. The highest BCUT2D eigenvalue weighted by Crippen LogP contribution is 2.34. The molecule has 0 saturated carbocycles. The van der Waals surface area contributed by atoms with Crippen LogP contribution in [-0.2, 0) is 19.5 Å². The van der Waals surface area contributed by atoms with Crippen molar-refractivity contribution in [2.24, 2.45) is 0 Å². The molecule has 0 bridgehead atoms. The van der Waals surface area contributed by atoms with Gasteiger partial charge < -0.3 is 19.7 Å². The van der Waals surface area contributed by atoms with E-state index in [4.69, 9.17) is 5.11 Å². The highest BCUT2D eigenvalue weighted by Gasteiger charge is 2.26. The number of unbranched alkanes of at least 4 members (excludes halogenated alkanes) is 2. The Hall–Kier alpha value is -1.85. The molecule has 5 heteroatoms. The number of rotatable bonds is 6. The van der Waals surface area contributed by atoms with Gasteiger partial charge in [0.05, 0.1) is 11.1 Å². The lowest BCUT2D eigenvalue weighted by molar-refractivity contribution is 0.0698. The second-order valence-electron chi connectivity index (χ2n) is 6.81. The first-order valence-electron chi connectivity index (χ1n) is 8.70. The molecule has 130 valence electrons. The SMILES string of the molecule is Cc1ccc2c3c(n(CCCCCO)c2c1C(=O)O)CCN(C)C3. The molecule has 0 atom stereocenters. The summed E-state index contributed by atoms with van der Waals surface area (Å²) < 4.78 is 2.24. The highest BCUT2D eigenvalue weighted by atomic mass is 16.4. The summed E-state index contributed by atoms with van der Waals surface area (Å²) in [4.78, 5) is 14.2. The van der Waals surface area contributed by atoms with E-state index in [1.54, 1.807) is 0 Å². The number of benzene rings is 1. The van der Waals surface area contributed by atoms with Crippen LogP contribution in [-0.4, -0.2) is 45.8 Å². The Labute approximate surface area is 142 Å². The topological polar surface area (TPSA) is 65.7 Å². The summed E-state index contributed by atoms with van der Waals surface area (Å²) in [6.07, 6.45) is 3.67. The molecule has 1 aromatic carbocycles. The summed E-state index contributed by atoms with van der Waals surface area (Å²) >= 11 is 0. The molecule has 0 amide bonds. The average molecular weight is 330 g/mol. The van der Waals surface area contributed by atoms with Gasteiger partial charge in [0.15, 0.2) is 0 Å². The molecular formula is C19H26N2O3. The van der Waals surface area contributed by atoms with Crippen LogP contribution in [0.25, 0.3) is 10.9 Å². The van der Waals surface area contributed by atoms with Crippen LogP contribution < -0.4 is 0 Å². The third kappa shape index (κ3) is 2.94. The fraction of sp³-hybridized carbons (Fsp3) is 0.526. The quantitative estimate of drug-likeness (QED) is 0.799. The van der Waals surface area contributed by atoms with Gasteiger partial charge in [0.1, 0.15) is 0 Å². The van der Waals surface area contributed by atoms with Gasteiger partial charge in [-0.15, -0.1) is 0 Å². The largest absolute Gasteiger partial charge is 0.478 e. The number of hydrogen-bond acceptors (Lipinski definition) is 3. The molecule has 1 aliphatic heterocycles. The molecule has 2 heterocycles. The van der Waals surface area contributed by atoms with Crippen molar-refractivity contribution in [3.8, 4) is 0 Å². The van der Waals surface area contributed by atoms with Crippen molar-refractivity contribution < 1.29 is 15.0 Å². The van der Waals surface area contributed by atoms with E-state index in [1.165, 1.54) is 11.3 Å². The van der Waals surface area contributed by atoms with Crippen LogP contribution in [0.4, 0.5) is 0 Å². The summed E-state index contributed by atoms with van der Waals surface area (Å²) in [6.45, 7) is 4.78. The number of hydrogen-bond donors (Lipinski definition) is 2. The van der Waals surface area contributed by atoms with Gasteiger partial charge in [-0.25, -0.2) is 4.79 Å². The molecule has 0 aliphatic carbocycles. The van der Waals surface area contributed by atoms with Crippen LogP contribution in [0.15, 0.2) is 12.1 Å². The first kappa shape index (κ1) is 17.0. The minimum Gasteiger partial charge on any atom is -0.478 e. The number of aryl methyl sites for hydroxylation is 2. The second kappa shape index (κ2) is 6.95. The van der Waals surface area contributed by atoms with Gasteiger partial charge >= 0.3 is 5.97 Å². The second-order valence-corrected chi connectivity index (χ2v) is 6.81. The molecule has 0 saturated heterocycles. The maximum Gasteiger partial charge on any atom is 0.338 e. The van der Waals surface area contributed by atoms with Crippen molar-refractivity contribution in [3.63, 3.8) is 0 Å². The van der Waals surface area contributed by atoms with E-state index >= 15 is 0 Å². The standard InChI is InChI=1S/C19H26N2O3/c1-13-6-7-14-15-12-20(2)10-8-16(15)21(9-4-3-5-11-22)18(14)17(13)19(23)24/h6-7,22H,3-5,8-12H2,1-2H3,(H,23,24). The number of aromatic nitrogens is 1. The maximum absolute atomic E-state index is 11.9. The van der Waals surface area contributed by atoms with Crippen molar-refractivity contribution >= 4 is 16.9 Å². The number of carboxylic acids is 1. The molecule has 5 nitrogen and oxygen atoms in total. The Morgan fingerprint density at radius 2 is 2.04 bits per heavy atom. The van der Waals surface area contributed by atoms with Crippen LogP contribution in [0.1, 0.15) is 46.4 Å². The van der Waals surface area contributed by atoms with Crippen molar-refractivity contribution in [1.29, 1.82) is 0 Å². The van der Waals surface area contributed by atoms with Crippen molar-refractivity contribution in [1.82, 2.24) is 9.47 Å². The van der Waals surface area contributed by atoms with E-state index in [-0.39, 0.29) is 6.61 Å². The zero-order chi connectivity index (χ0) is 17.3. The molecule has 24 heavy (non-hydrogen) atoms. The van der Waals surface area contributed by atoms with Crippen LogP contribution in [0.2, 0.25) is 0 Å². The lowest BCUT2D eigenvalue weighted by Crippen LogP contribution is -2.27. The summed E-state index contributed by atoms with van der Waals surface area (Å²) in [5.74, 6) is -0.849. The summed E-state index contributed by atoms with van der Waals surface area (Å²) in [5.41, 5.74) is 4.71. The molecular weight excluding hydrogens is 304 g/mol. The van der Waals surface area contributed by atoms with Gasteiger partial charge in [-0.3, -0.25) is 0 Å². The Kier molecular flexibility index (Phi) is 4.92. The summed E-state index contributed by atoms with van der Waals surface area (Å²) in [6, 6.07) is 4.01. The Bertz CT molecular complexity index is 764. The highest BCUT2D eigenvalue weighted by molar-refractivity contribution is 6.05. The Morgan fingerprint density at radius 1 is 1.25 bits per heavy atom. The van der Waals surface area contributed by atoms with Gasteiger partial charge in [0, 0.05) is 43.7 Å². The zero-order valence-corrected chi connectivity index (χ0v) is 14.5. The minimum absolute atomic E-state index is 0.217. The van der Waals surface area contributed by atoms with Crippen LogP contribution in [0.3, 0.4) is 0 Å². The number of aliphatic hydroxyl groups excluding tert-OH is 1. The zero-order valence-electron chi connectivity index (χ0n) is 14.5. The fourth-order valence-corrected chi connectivity index (χ4v) is 3.85. The predicted molar refractivity (Wildman–Crippen MR) is 94.6 cm³/mol. The molecule has 2 aromatic rings. The molecule has 0 radical (unpaired) electrons. The molecule has 0 spiro atoms. The number of likely N-dealkylation sites (N-methyl/N-ethyl adjacent to an activating group) is 1. The molecule has 1 aliphatic rings. The smallest absolute Gasteiger partial charge is 0.338 e. The first-order chi connectivity index (χ1) is 11.5. The van der Waals surface area contributed by atoms with E-state index in [2.05, 4.69) is 22.6 Å². The lowest BCUT2D eigenvalue weighted by Gasteiger charge is -2.24. The normalized spacial score (nSPS) is 15.0. The number of carboxylic acid groups (broad SMARTS) is 1. The van der Waals surface area contributed by atoms with Crippen LogP contribution >= 0.6 is 0 Å². The molecule has 0 fully saturated rings. The fourth-order valence-electron chi connectivity index (χ4n) is 3.85. The number of carbonyl (C=O) groups is 1. The minimum atomic E-state index is -0.849. The maximum atomic E-state index is 11.9.